The SMILES string of the molecule is CCOC(=O)c1cnc(SCC(=O)N(CC)CC)nc1N. The number of thioether (sulfide) groups is 1. The van der Waals surface area contributed by atoms with Crippen LogP contribution in [0.2, 0.25) is 0 Å². The summed E-state index contributed by atoms with van der Waals surface area (Å²) in [6.45, 7) is 7.15. The predicted octanol–water partition coefficient (Wildman–Crippen LogP) is 1.20. The smallest absolute Gasteiger partial charge is 0.343 e. The van der Waals surface area contributed by atoms with Gasteiger partial charge in [0.15, 0.2) is 5.16 Å². The van der Waals surface area contributed by atoms with Gasteiger partial charge in [0.1, 0.15) is 11.4 Å². The molecule has 21 heavy (non-hydrogen) atoms. The molecule has 0 fully saturated rings. The van der Waals surface area contributed by atoms with Crippen molar-refractivity contribution in [3.8, 4) is 0 Å². The Morgan fingerprint density at radius 1 is 1.33 bits per heavy atom. The molecule has 7 nitrogen and oxygen atoms in total. The fourth-order valence-electron chi connectivity index (χ4n) is 1.61. The number of nitrogen functional groups attached to an aromatic ring is 1. The van der Waals surface area contributed by atoms with Crippen LogP contribution < -0.4 is 5.73 Å². The first-order valence-electron chi connectivity index (χ1n) is 6.73. The monoisotopic (exact) mass is 312 g/mol. The van der Waals surface area contributed by atoms with Crippen LogP contribution in [0.4, 0.5) is 5.82 Å². The minimum absolute atomic E-state index is 0.0154. The van der Waals surface area contributed by atoms with Gasteiger partial charge in [0.25, 0.3) is 0 Å². The molecule has 0 atom stereocenters. The van der Waals surface area contributed by atoms with E-state index in [2.05, 4.69) is 9.97 Å². The summed E-state index contributed by atoms with van der Waals surface area (Å²) in [6.07, 6.45) is 1.32. The van der Waals surface area contributed by atoms with Crippen molar-refractivity contribution in [3.05, 3.63) is 11.8 Å². The molecule has 0 saturated heterocycles. The highest BCUT2D eigenvalue weighted by Crippen LogP contribution is 2.17. The summed E-state index contributed by atoms with van der Waals surface area (Å²) in [5.74, 6) is -0.242. The molecular weight excluding hydrogens is 292 g/mol. The van der Waals surface area contributed by atoms with Gasteiger partial charge in [0.2, 0.25) is 5.91 Å². The third kappa shape index (κ3) is 4.89. The average Bonchev–Trinajstić information content (AvgIpc) is 2.46. The number of aromatic nitrogens is 2. The van der Waals surface area contributed by atoms with Gasteiger partial charge in [0, 0.05) is 19.3 Å². The molecule has 8 heteroatoms. The second-order valence-electron chi connectivity index (χ2n) is 4.03. The maximum atomic E-state index is 11.9. The number of ether oxygens (including phenoxy) is 1. The van der Waals surface area contributed by atoms with E-state index in [0.29, 0.717) is 18.2 Å². The highest BCUT2D eigenvalue weighted by Gasteiger charge is 2.15. The van der Waals surface area contributed by atoms with E-state index < -0.39 is 5.97 Å². The summed E-state index contributed by atoms with van der Waals surface area (Å²) in [5, 5.41) is 0.362. The Morgan fingerprint density at radius 2 is 2.00 bits per heavy atom. The standard InChI is InChI=1S/C13H20N4O3S/c1-4-17(5-2)10(18)8-21-13-15-7-9(11(14)16-13)12(19)20-6-3/h7H,4-6,8H2,1-3H3,(H2,14,15,16). The highest BCUT2D eigenvalue weighted by molar-refractivity contribution is 7.99. The number of amides is 1. The molecular formula is C13H20N4O3S. The molecule has 1 aromatic heterocycles. The predicted molar refractivity (Wildman–Crippen MR) is 81.1 cm³/mol. The van der Waals surface area contributed by atoms with Gasteiger partial charge in [0.05, 0.1) is 12.4 Å². The molecule has 1 heterocycles. The van der Waals surface area contributed by atoms with E-state index >= 15 is 0 Å². The Balaban J connectivity index is 2.68. The van der Waals surface area contributed by atoms with Crippen molar-refractivity contribution in [2.75, 3.05) is 31.2 Å². The number of nitrogens with two attached hydrogens (primary N) is 1. The average molecular weight is 312 g/mol. The second-order valence-corrected chi connectivity index (χ2v) is 4.97. The number of hydrogen-bond donors (Lipinski definition) is 1. The van der Waals surface area contributed by atoms with Crippen LogP contribution in [0, 0.1) is 0 Å². The van der Waals surface area contributed by atoms with E-state index in [0.717, 1.165) is 0 Å². The van der Waals surface area contributed by atoms with Crippen LogP contribution in [0.15, 0.2) is 11.4 Å². The van der Waals surface area contributed by atoms with Crippen molar-refractivity contribution in [2.24, 2.45) is 0 Å². The zero-order valence-corrected chi connectivity index (χ0v) is 13.3. The molecule has 0 saturated carbocycles. The number of hydrogen-bond acceptors (Lipinski definition) is 7. The van der Waals surface area contributed by atoms with Crippen LogP contribution in [0.1, 0.15) is 31.1 Å². The van der Waals surface area contributed by atoms with Crippen molar-refractivity contribution in [1.29, 1.82) is 0 Å². The summed E-state index contributed by atoms with van der Waals surface area (Å²) in [5.41, 5.74) is 5.85. The molecule has 0 radical (unpaired) electrons. The Morgan fingerprint density at radius 3 is 2.52 bits per heavy atom. The zero-order chi connectivity index (χ0) is 15.8. The molecule has 2 N–H and O–H groups in total. The molecule has 0 aliphatic carbocycles. The summed E-state index contributed by atoms with van der Waals surface area (Å²) >= 11 is 1.19. The lowest BCUT2D eigenvalue weighted by molar-refractivity contribution is -0.127. The maximum Gasteiger partial charge on any atom is 0.343 e. The lowest BCUT2D eigenvalue weighted by Crippen LogP contribution is -2.31. The Labute approximate surface area is 128 Å². The molecule has 0 aromatic carbocycles. The zero-order valence-electron chi connectivity index (χ0n) is 12.5. The van der Waals surface area contributed by atoms with Gasteiger partial charge >= 0.3 is 5.97 Å². The number of carbonyl (C=O) groups is 2. The van der Waals surface area contributed by atoms with Gasteiger partial charge in [-0.1, -0.05) is 11.8 Å². The maximum absolute atomic E-state index is 11.9. The minimum Gasteiger partial charge on any atom is -0.462 e. The number of carbonyl (C=O) groups excluding carboxylic acids is 2. The summed E-state index contributed by atoms with van der Waals surface area (Å²) in [4.78, 5) is 33.2. The Kier molecular flexibility index (Phi) is 6.93. The first-order valence-corrected chi connectivity index (χ1v) is 7.72. The van der Waals surface area contributed by atoms with Crippen LogP contribution in [-0.4, -0.2) is 52.2 Å². The Hall–Kier alpha value is -1.83. The van der Waals surface area contributed by atoms with Gasteiger partial charge in [-0.2, -0.15) is 0 Å². The van der Waals surface area contributed by atoms with Crippen LogP contribution >= 0.6 is 11.8 Å². The normalized spacial score (nSPS) is 10.2. The van der Waals surface area contributed by atoms with E-state index in [1.807, 2.05) is 13.8 Å². The molecule has 1 rings (SSSR count). The molecule has 0 aliphatic heterocycles. The lowest BCUT2D eigenvalue weighted by atomic mass is 10.3. The van der Waals surface area contributed by atoms with E-state index in [-0.39, 0.29) is 29.6 Å². The van der Waals surface area contributed by atoms with Crippen molar-refractivity contribution >= 4 is 29.5 Å². The first-order chi connectivity index (χ1) is 10.0. The van der Waals surface area contributed by atoms with Crippen LogP contribution in [0.3, 0.4) is 0 Å². The van der Waals surface area contributed by atoms with Gasteiger partial charge in [-0.15, -0.1) is 0 Å². The quantitative estimate of drug-likeness (QED) is 0.459. The van der Waals surface area contributed by atoms with Crippen molar-refractivity contribution in [2.45, 2.75) is 25.9 Å². The fourth-order valence-corrected chi connectivity index (χ4v) is 2.33. The van der Waals surface area contributed by atoms with Crippen LogP contribution in [0.25, 0.3) is 0 Å². The van der Waals surface area contributed by atoms with Gasteiger partial charge < -0.3 is 15.4 Å². The molecule has 0 bridgehead atoms. The number of anilines is 1. The molecule has 0 spiro atoms. The second kappa shape index (κ2) is 8.46. The van der Waals surface area contributed by atoms with E-state index in [1.54, 1.807) is 11.8 Å². The van der Waals surface area contributed by atoms with E-state index in [4.69, 9.17) is 10.5 Å². The van der Waals surface area contributed by atoms with E-state index in [1.165, 1.54) is 18.0 Å². The highest BCUT2D eigenvalue weighted by atomic mass is 32.2. The molecule has 1 aromatic rings. The molecule has 0 aliphatic rings. The number of rotatable bonds is 7. The fraction of sp³-hybridized carbons (Fsp3) is 0.538. The number of esters is 1. The molecule has 116 valence electrons. The van der Waals surface area contributed by atoms with Gasteiger partial charge in [-0.25, -0.2) is 14.8 Å². The van der Waals surface area contributed by atoms with Crippen LogP contribution in [-0.2, 0) is 9.53 Å². The van der Waals surface area contributed by atoms with Gasteiger partial charge in [-0.3, -0.25) is 4.79 Å². The lowest BCUT2D eigenvalue weighted by Gasteiger charge is -2.17. The Bertz CT molecular complexity index is 506. The molecule has 0 unspecified atom stereocenters. The molecule has 1 amide bonds. The summed E-state index contributed by atoms with van der Waals surface area (Å²) < 4.78 is 4.84. The number of nitrogens with zero attached hydrogens (tertiary/aromatic N) is 3. The summed E-state index contributed by atoms with van der Waals surface area (Å²) in [6, 6.07) is 0. The van der Waals surface area contributed by atoms with Crippen molar-refractivity contribution < 1.29 is 14.3 Å². The van der Waals surface area contributed by atoms with Crippen molar-refractivity contribution in [1.82, 2.24) is 14.9 Å². The van der Waals surface area contributed by atoms with E-state index in [9.17, 15) is 9.59 Å². The minimum atomic E-state index is -0.550. The largest absolute Gasteiger partial charge is 0.462 e. The third-order valence-corrected chi connectivity index (χ3v) is 3.58. The third-order valence-electron chi connectivity index (χ3n) is 2.73. The van der Waals surface area contributed by atoms with Crippen molar-refractivity contribution in [3.63, 3.8) is 0 Å². The topological polar surface area (TPSA) is 98.4 Å². The summed E-state index contributed by atoms with van der Waals surface area (Å²) in [7, 11) is 0. The van der Waals surface area contributed by atoms with Gasteiger partial charge in [-0.05, 0) is 20.8 Å². The van der Waals surface area contributed by atoms with Crippen LogP contribution in [0.5, 0.6) is 0 Å². The first kappa shape index (κ1) is 17.2.